The molecule has 196 valence electrons. The zero-order valence-corrected chi connectivity index (χ0v) is 22.4. The Bertz CT molecular complexity index is 1990. The monoisotopic (exact) mass is 539 g/mol. The molecule has 3 aromatic heterocycles. The molecule has 1 amide bonds. The van der Waals surface area contributed by atoms with Crippen LogP contribution in [0.25, 0.3) is 22.3 Å². The number of nitrogens with zero attached hydrogens (tertiary/aromatic N) is 4. The number of aromatic nitrogens is 4. The topological polar surface area (TPSA) is 110 Å². The minimum absolute atomic E-state index is 0.0104. The van der Waals surface area contributed by atoms with E-state index in [1.165, 1.54) is 10.8 Å². The zero-order valence-electron chi connectivity index (χ0n) is 21.5. The number of amides is 1. The number of likely N-dealkylation sites (N-methyl/N-ethyl adjacent to an activating group) is 1. The molecule has 4 heterocycles. The van der Waals surface area contributed by atoms with Gasteiger partial charge >= 0.3 is 0 Å². The lowest BCUT2D eigenvalue weighted by atomic mass is 9.91. The van der Waals surface area contributed by atoms with Gasteiger partial charge in [-0.1, -0.05) is 35.9 Å². The van der Waals surface area contributed by atoms with Crippen molar-refractivity contribution in [1.29, 1.82) is 0 Å². The number of hydrogen-bond donors (Lipinski definition) is 1. The summed E-state index contributed by atoms with van der Waals surface area (Å²) in [4.78, 5) is 29.0. The van der Waals surface area contributed by atoms with Crippen LogP contribution in [0.1, 0.15) is 29.0 Å². The molecule has 0 radical (unpaired) electrons. The quantitative estimate of drug-likeness (QED) is 0.375. The normalized spacial score (nSPS) is 20.2. The van der Waals surface area contributed by atoms with Gasteiger partial charge in [0, 0.05) is 43.5 Å². The number of carbonyl (C=O) groups excluding carboxylic acids is 1. The van der Waals surface area contributed by atoms with Crippen molar-refractivity contribution in [2.45, 2.75) is 29.6 Å². The SMILES string of the molecule is Cc1ccc(S(=O)(=O)n2c(-c3ccn[nH]3)cc3c(C4CC45C(=O)N(C)c4ccccc45)cn(C)c(=O)c32)cc1. The molecule has 9 nitrogen and oxygen atoms in total. The molecule has 10 heteroatoms. The molecule has 5 aromatic rings. The van der Waals surface area contributed by atoms with Crippen LogP contribution in [0.3, 0.4) is 0 Å². The minimum Gasteiger partial charge on any atom is -0.316 e. The number of benzene rings is 2. The van der Waals surface area contributed by atoms with Crippen LogP contribution >= 0.6 is 0 Å². The van der Waals surface area contributed by atoms with Crippen molar-refractivity contribution < 1.29 is 13.2 Å². The fourth-order valence-corrected chi connectivity index (χ4v) is 7.71. The number of carbonyl (C=O) groups is 1. The Morgan fingerprint density at radius 2 is 1.77 bits per heavy atom. The molecule has 39 heavy (non-hydrogen) atoms. The summed E-state index contributed by atoms with van der Waals surface area (Å²) in [7, 11) is -0.778. The molecule has 1 spiro atoms. The maximum atomic E-state index is 14.1. The molecule has 7 rings (SSSR count). The molecule has 1 aliphatic heterocycles. The second-order valence-electron chi connectivity index (χ2n) is 10.5. The summed E-state index contributed by atoms with van der Waals surface area (Å²) in [5.41, 5.74) is 3.16. The maximum absolute atomic E-state index is 14.1. The maximum Gasteiger partial charge on any atom is 0.275 e. The number of nitrogens with one attached hydrogen (secondary N) is 1. The number of fused-ring (bicyclic) bond motifs is 3. The van der Waals surface area contributed by atoms with Gasteiger partial charge in [-0.2, -0.15) is 5.10 Å². The fraction of sp³-hybridized carbons (Fsp3) is 0.207. The lowest BCUT2D eigenvalue weighted by molar-refractivity contribution is -0.120. The molecule has 2 aromatic carbocycles. The van der Waals surface area contributed by atoms with E-state index in [1.807, 2.05) is 31.2 Å². The summed E-state index contributed by atoms with van der Waals surface area (Å²) in [6, 6.07) is 17.7. The molecule has 2 unspecified atom stereocenters. The molecule has 2 atom stereocenters. The summed E-state index contributed by atoms with van der Waals surface area (Å²) in [6.45, 7) is 1.88. The van der Waals surface area contributed by atoms with Crippen LogP contribution in [0.5, 0.6) is 0 Å². The molecule has 0 saturated heterocycles. The first-order valence-electron chi connectivity index (χ1n) is 12.6. The Morgan fingerprint density at radius 3 is 2.49 bits per heavy atom. The van der Waals surface area contributed by atoms with Gasteiger partial charge in [0.05, 0.1) is 21.7 Å². The van der Waals surface area contributed by atoms with Crippen molar-refractivity contribution in [2.75, 3.05) is 11.9 Å². The highest BCUT2D eigenvalue weighted by Crippen LogP contribution is 2.66. The fourth-order valence-electron chi connectivity index (χ4n) is 6.19. The van der Waals surface area contributed by atoms with E-state index in [9.17, 15) is 18.0 Å². The van der Waals surface area contributed by atoms with Crippen LogP contribution in [-0.4, -0.2) is 40.1 Å². The zero-order chi connectivity index (χ0) is 27.3. The van der Waals surface area contributed by atoms with Gasteiger partial charge in [-0.3, -0.25) is 14.7 Å². The van der Waals surface area contributed by atoms with Gasteiger partial charge in [0.15, 0.2) is 0 Å². The molecule has 0 bridgehead atoms. The van der Waals surface area contributed by atoms with Gasteiger partial charge in [0.25, 0.3) is 15.6 Å². The van der Waals surface area contributed by atoms with Crippen LogP contribution in [0.2, 0.25) is 0 Å². The van der Waals surface area contributed by atoms with E-state index in [-0.39, 0.29) is 22.2 Å². The first kappa shape index (κ1) is 23.7. The van der Waals surface area contributed by atoms with Gasteiger partial charge < -0.3 is 9.47 Å². The second-order valence-corrected chi connectivity index (χ2v) is 12.2. The number of hydrogen-bond acceptors (Lipinski definition) is 5. The minimum atomic E-state index is -4.17. The van der Waals surface area contributed by atoms with Crippen molar-refractivity contribution in [3.8, 4) is 11.4 Å². The molecule has 1 fully saturated rings. The predicted octanol–water partition coefficient (Wildman–Crippen LogP) is 3.68. The molecular weight excluding hydrogens is 514 g/mol. The van der Waals surface area contributed by atoms with Crippen molar-refractivity contribution >= 4 is 32.5 Å². The first-order chi connectivity index (χ1) is 18.7. The Kier molecular flexibility index (Phi) is 4.73. The molecule has 1 aliphatic carbocycles. The summed E-state index contributed by atoms with van der Waals surface area (Å²) >= 11 is 0. The highest BCUT2D eigenvalue weighted by Gasteiger charge is 2.67. The van der Waals surface area contributed by atoms with Crippen LogP contribution in [0.4, 0.5) is 5.69 Å². The number of anilines is 1. The summed E-state index contributed by atoms with van der Waals surface area (Å²) in [6.07, 6.45) is 3.86. The van der Waals surface area contributed by atoms with E-state index in [1.54, 1.807) is 61.6 Å². The van der Waals surface area contributed by atoms with Gasteiger partial charge in [-0.15, -0.1) is 0 Å². The van der Waals surface area contributed by atoms with E-state index >= 15 is 0 Å². The Morgan fingerprint density at radius 1 is 1.03 bits per heavy atom. The molecule has 1 N–H and O–H groups in total. The number of H-pyrrole nitrogens is 1. The van der Waals surface area contributed by atoms with E-state index in [2.05, 4.69) is 10.2 Å². The lowest BCUT2D eigenvalue weighted by Crippen LogP contribution is -2.29. The van der Waals surface area contributed by atoms with E-state index < -0.39 is 21.0 Å². The van der Waals surface area contributed by atoms with Gasteiger partial charge in [-0.25, -0.2) is 12.4 Å². The number of aromatic amines is 1. The molecular formula is C29H25N5O4S. The summed E-state index contributed by atoms with van der Waals surface area (Å²) in [5, 5.41) is 7.39. The van der Waals surface area contributed by atoms with E-state index in [0.717, 1.165) is 26.4 Å². The highest BCUT2D eigenvalue weighted by molar-refractivity contribution is 7.90. The van der Waals surface area contributed by atoms with Crippen molar-refractivity contribution in [2.24, 2.45) is 7.05 Å². The number of para-hydroxylation sites is 1. The first-order valence-corrected chi connectivity index (χ1v) is 14.0. The van der Waals surface area contributed by atoms with E-state index in [0.29, 0.717) is 23.2 Å². The van der Waals surface area contributed by atoms with Crippen LogP contribution in [0.15, 0.2) is 82.7 Å². The number of rotatable bonds is 4. The Labute approximate surface area is 224 Å². The Balaban J connectivity index is 1.52. The van der Waals surface area contributed by atoms with Crippen LogP contribution in [0, 0.1) is 6.92 Å². The van der Waals surface area contributed by atoms with Crippen molar-refractivity contribution in [3.05, 3.63) is 100 Å². The van der Waals surface area contributed by atoms with Gasteiger partial charge in [0.2, 0.25) is 5.91 Å². The standard InChI is InChI=1S/C29H25N5O4S/c1-17-8-10-18(11-9-17)39(37,38)34-25(23-12-13-30-31-23)14-19-20(16-32(2)27(35)26(19)34)22-15-29(22)21-6-4-5-7-24(21)33(3)28(29)36/h4-14,16,22H,15H2,1-3H3,(H,30,31). The highest BCUT2D eigenvalue weighted by atomic mass is 32.2. The third kappa shape index (κ3) is 3.06. The van der Waals surface area contributed by atoms with Crippen LogP contribution < -0.4 is 10.5 Å². The predicted molar refractivity (Wildman–Crippen MR) is 147 cm³/mol. The average molecular weight is 540 g/mol. The third-order valence-corrected chi connectivity index (χ3v) is 9.96. The van der Waals surface area contributed by atoms with Crippen molar-refractivity contribution in [3.63, 3.8) is 0 Å². The van der Waals surface area contributed by atoms with Gasteiger partial charge in [0.1, 0.15) is 5.52 Å². The summed E-state index contributed by atoms with van der Waals surface area (Å²) < 4.78 is 30.8. The molecule has 2 aliphatic rings. The smallest absolute Gasteiger partial charge is 0.275 e. The van der Waals surface area contributed by atoms with Crippen LogP contribution in [-0.2, 0) is 27.3 Å². The second kappa shape index (κ2) is 7.79. The third-order valence-electron chi connectivity index (χ3n) is 8.23. The summed E-state index contributed by atoms with van der Waals surface area (Å²) in [5.74, 6) is -0.200. The number of aryl methyl sites for hydroxylation is 2. The Hall–Kier alpha value is -4.44. The molecule has 1 saturated carbocycles. The average Bonchev–Trinajstić information content (AvgIpc) is 3.20. The largest absolute Gasteiger partial charge is 0.316 e. The van der Waals surface area contributed by atoms with Crippen molar-refractivity contribution in [1.82, 2.24) is 18.7 Å². The van der Waals surface area contributed by atoms with E-state index in [4.69, 9.17) is 0 Å². The number of pyridine rings is 1. The van der Waals surface area contributed by atoms with Gasteiger partial charge in [-0.05, 0) is 54.8 Å². The lowest BCUT2D eigenvalue weighted by Gasteiger charge is -2.14.